The Kier molecular flexibility index (Phi) is 2.05. The smallest absolute Gasteiger partial charge is 0.237 e. The van der Waals surface area contributed by atoms with Crippen LogP contribution in [0, 0.1) is 0 Å². The van der Waals surface area contributed by atoms with Crippen molar-refractivity contribution in [3.63, 3.8) is 0 Å². The van der Waals surface area contributed by atoms with Gasteiger partial charge in [0.1, 0.15) is 5.76 Å². The molecule has 0 N–H and O–H groups in total. The molecule has 0 unspecified atom stereocenters. The second-order valence-corrected chi connectivity index (χ2v) is 3.78. The van der Waals surface area contributed by atoms with E-state index in [4.69, 9.17) is 4.42 Å². The first kappa shape index (κ1) is 9.78. The molecule has 0 aliphatic heterocycles. The molecule has 3 nitrogen and oxygen atoms in total. The molecule has 3 heteroatoms. The van der Waals surface area contributed by atoms with Crippen LogP contribution >= 0.6 is 0 Å². The Bertz CT molecular complexity index is 633. The van der Waals surface area contributed by atoms with E-state index in [1.807, 2.05) is 30.3 Å². The van der Waals surface area contributed by atoms with Crippen molar-refractivity contribution in [1.82, 2.24) is 0 Å². The summed E-state index contributed by atoms with van der Waals surface area (Å²) in [6.45, 7) is 0. The van der Waals surface area contributed by atoms with Crippen LogP contribution in [-0.2, 0) is 4.79 Å². The van der Waals surface area contributed by atoms with Gasteiger partial charge in [0, 0.05) is 5.56 Å². The van der Waals surface area contributed by atoms with E-state index >= 15 is 0 Å². The monoisotopic (exact) mass is 224 g/mol. The molecule has 0 saturated heterocycles. The lowest BCUT2D eigenvalue weighted by Crippen LogP contribution is -2.15. The number of hydrogen-bond donors (Lipinski definition) is 0. The maximum atomic E-state index is 11.8. The van der Waals surface area contributed by atoms with Crippen LogP contribution in [0.3, 0.4) is 0 Å². The maximum absolute atomic E-state index is 11.8. The van der Waals surface area contributed by atoms with Crippen LogP contribution in [0.5, 0.6) is 0 Å². The Morgan fingerprint density at radius 3 is 2.47 bits per heavy atom. The summed E-state index contributed by atoms with van der Waals surface area (Å²) >= 11 is 0. The largest absolute Gasteiger partial charge is 0.464 e. The van der Waals surface area contributed by atoms with E-state index in [1.54, 1.807) is 0 Å². The van der Waals surface area contributed by atoms with Crippen LogP contribution in [0.25, 0.3) is 17.2 Å². The van der Waals surface area contributed by atoms with E-state index in [0.717, 1.165) is 5.56 Å². The highest BCUT2D eigenvalue weighted by atomic mass is 16.3. The molecule has 0 fully saturated rings. The van der Waals surface area contributed by atoms with Crippen molar-refractivity contribution in [2.75, 3.05) is 0 Å². The third-order valence-electron chi connectivity index (χ3n) is 2.74. The highest BCUT2D eigenvalue weighted by Crippen LogP contribution is 2.31. The van der Waals surface area contributed by atoms with E-state index in [1.165, 1.54) is 18.4 Å². The summed E-state index contributed by atoms with van der Waals surface area (Å²) in [6.07, 6.45) is 4.29. The Balaban J connectivity index is 2.23. The molecule has 17 heavy (non-hydrogen) atoms. The van der Waals surface area contributed by atoms with E-state index in [-0.39, 0.29) is 0 Å². The van der Waals surface area contributed by atoms with E-state index < -0.39 is 11.6 Å². The minimum absolute atomic E-state index is 0.365. The SMILES string of the molecule is O=C1C=Cc2occ(-c3ccccc3)c2C1=O. The van der Waals surface area contributed by atoms with E-state index in [2.05, 4.69) is 0 Å². The zero-order valence-corrected chi connectivity index (χ0v) is 8.84. The predicted molar refractivity (Wildman–Crippen MR) is 62.5 cm³/mol. The first-order valence-electron chi connectivity index (χ1n) is 5.21. The van der Waals surface area contributed by atoms with Crippen LogP contribution < -0.4 is 0 Å². The predicted octanol–water partition coefficient (Wildman–Crippen LogP) is 2.73. The number of Topliss-reactive ketones (excluding diaryl/α,β-unsaturated/α-hetero) is 1. The minimum Gasteiger partial charge on any atom is -0.464 e. The Labute approximate surface area is 97.4 Å². The van der Waals surface area contributed by atoms with Crippen molar-refractivity contribution in [2.24, 2.45) is 0 Å². The van der Waals surface area contributed by atoms with Gasteiger partial charge >= 0.3 is 0 Å². The quantitative estimate of drug-likeness (QED) is 0.699. The van der Waals surface area contributed by atoms with E-state index in [0.29, 0.717) is 16.9 Å². The van der Waals surface area contributed by atoms with Gasteiger partial charge in [-0.25, -0.2) is 0 Å². The van der Waals surface area contributed by atoms with Gasteiger partial charge in [0.2, 0.25) is 11.6 Å². The Hall–Kier alpha value is -2.42. The molecule has 1 heterocycles. The lowest BCUT2D eigenvalue weighted by atomic mass is 9.94. The number of furan rings is 1. The molecule has 1 aromatic heterocycles. The summed E-state index contributed by atoms with van der Waals surface area (Å²) in [7, 11) is 0. The van der Waals surface area contributed by atoms with Crippen molar-refractivity contribution in [1.29, 1.82) is 0 Å². The zero-order valence-electron chi connectivity index (χ0n) is 8.84. The zero-order chi connectivity index (χ0) is 11.8. The highest BCUT2D eigenvalue weighted by Gasteiger charge is 2.27. The van der Waals surface area contributed by atoms with Gasteiger partial charge in [0.05, 0.1) is 11.8 Å². The number of allylic oxidation sites excluding steroid dienone is 1. The molecule has 1 aliphatic rings. The fourth-order valence-electron chi connectivity index (χ4n) is 1.91. The topological polar surface area (TPSA) is 47.3 Å². The van der Waals surface area contributed by atoms with Crippen molar-refractivity contribution >= 4 is 17.6 Å². The normalized spacial score (nSPS) is 13.9. The number of ketones is 2. The van der Waals surface area contributed by atoms with Crippen LogP contribution in [-0.4, -0.2) is 11.6 Å². The lowest BCUT2D eigenvalue weighted by Gasteiger charge is -2.04. The number of carbonyl (C=O) groups excluding carboxylic acids is 2. The van der Waals surface area contributed by atoms with Crippen LogP contribution in [0.1, 0.15) is 16.1 Å². The summed E-state index contributed by atoms with van der Waals surface area (Å²) in [4.78, 5) is 23.2. The molecule has 0 saturated carbocycles. The van der Waals surface area contributed by atoms with Gasteiger partial charge in [0.25, 0.3) is 0 Å². The van der Waals surface area contributed by atoms with E-state index in [9.17, 15) is 9.59 Å². The van der Waals surface area contributed by atoms with Gasteiger partial charge in [-0.1, -0.05) is 30.3 Å². The maximum Gasteiger partial charge on any atom is 0.237 e. The highest BCUT2D eigenvalue weighted by molar-refractivity contribution is 6.50. The molecule has 1 aliphatic carbocycles. The molecular weight excluding hydrogens is 216 g/mol. The number of hydrogen-bond acceptors (Lipinski definition) is 3. The third-order valence-corrected chi connectivity index (χ3v) is 2.74. The fraction of sp³-hybridized carbons (Fsp3) is 0. The van der Waals surface area contributed by atoms with Gasteiger partial charge in [-0.05, 0) is 17.7 Å². The van der Waals surface area contributed by atoms with Gasteiger partial charge in [-0.3, -0.25) is 9.59 Å². The summed E-state index contributed by atoms with van der Waals surface area (Å²) < 4.78 is 5.30. The molecule has 0 radical (unpaired) electrons. The van der Waals surface area contributed by atoms with Crippen molar-refractivity contribution < 1.29 is 14.0 Å². The molecule has 1 aromatic carbocycles. The summed E-state index contributed by atoms with van der Waals surface area (Å²) in [5.74, 6) is -0.556. The minimum atomic E-state index is -0.505. The molecule has 2 aromatic rings. The summed E-state index contributed by atoms with van der Waals surface area (Å²) in [5, 5.41) is 0. The molecule has 0 amide bonds. The van der Waals surface area contributed by atoms with Crippen LogP contribution in [0.2, 0.25) is 0 Å². The van der Waals surface area contributed by atoms with Gasteiger partial charge in [0.15, 0.2) is 0 Å². The average molecular weight is 224 g/mol. The van der Waals surface area contributed by atoms with Crippen molar-refractivity contribution in [2.45, 2.75) is 0 Å². The lowest BCUT2D eigenvalue weighted by molar-refractivity contribution is -0.110. The van der Waals surface area contributed by atoms with Crippen molar-refractivity contribution in [3.8, 4) is 11.1 Å². The standard InChI is InChI=1S/C14H8O3/c15-11-6-7-12-13(14(11)16)10(8-17-12)9-4-2-1-3-5-9/h1-8H. The second-order valence-electron chi connectivity index (χ2n) is 3.78. The number of benzene rings is 1. The van der Waals surface area contributed by atoms with Crippen LogP contribution in [0.4, 0.5) is 0 Å². The average Bonchev–Trinajstić information content (AvgIpc) is 2.79. The second kappa shape index (κ2) is 3.56. The molecule has 0 atom stereocenters. The summed E-state index contributed by atoms with van der Waals surface area (Å²) in [5.41, 5.74) is 1.90. The Morgan fingerprint density at radius 2 is 1.71 bits per heavy atom. The first-order valence-corrected chi connectivity index (χ1v) is 5.21. The van der Waals surface area contributed by atoms with Gasteiger partial charge in [-0.15, -0.1) is 0 Å². The Morgan fingerprint density at radius 1 is 0.941 bits per heavy atom. The first-order chi connectivity index (χ1) is 8.27. The number of carbonyl (C=O) groups is 2. The molecular formula is C14H8O3. The van der Waals surface area contributed by atoms with Crippen LogP contribution in [0.15, 0.2) is 47.1 Å². The van der Waals surface area contributed by atoms with Gasteiger partial charge < -0.3 is 4.42 Å². The van der Waals surface area contributed by atoms with Gasteiger partial charge in [-0.2, -0.15) is 0 Å². The summed E-state index contributed by atoms with van der Waals surface area (Å²) in [6, 6.07) is 9.39. The molecule has 0 bridgehead atoms. The fourth-order valence-corrected chi connectivity index (χ4v) is 1.91. The molecule has 82 valence electrons. The number of fused-ring (bicyclic) bond motifs is 1. The third kappa shape index (κ3) is 1.44. The van der Waals surface area contributed by atoms with Crippen molar-refractivity contribution in [3.05, 3.63) is 54.0 Å². The number of rotatable bonds is 1. The molecule has 3 rings (SSSR count). The molecule has 0 spiro atoms.